The molecule has 1 heterocycles. The van der Waals surface area contributed by atoms with Crippen LogP contribution in [0.5, 0.6) is 0 Å². The van der Waals surface area contributed by atoms with Crippen molar-refractivity contribution in [3.63, 3.8) is 0 Å². The van der Waals surface area contributed by atoms with Crippen LogP contribution >= 0.6 is 11.8 Å². The second kappa shape index (κ2) is 6.95. The van der Waals surface area contributed by atoms with Crippen LogP contribution in [0.4, 0.5) is 0 Å². The number of hydrogen-bond donors (Lipinski definition) is 2. The molecular weight excluding hydrogens is 280 g/mol. The molecule has 2 aromatic rings. The molecule has 0 saturated carbocycles. The van der Waals surface area contributed by atoms with Gasteiger partial charge in [0.25, 0.3) is 0 Å². The van der Waals surface area contributed by atoms with E-state index in [4.69, 9.17) is 9.52 Å². The van der Waals surface area contributed by atoms with Crippen LogP contribution in [0.25, 0.3) is 11.1 Å². The van der Waals surface area contributed by atoms with Crippen molar-refractivity contribution >= 4 is 35.2 Å². The van der Waals surface area contributed by atoms with Crippen LogP contribution in [0.1, 0.15) is 12.3 Å². The Balaban J connectivity index is 1.80. The zero-order valence-corrected chi connectivity index (χ0v) is 11.4. The van der Waals surface area contributed by atoms with Crippen molar-refractivity contribution in [2.75, 3.05) is 5.75 Å². The van der Waals surface area contributed by atoms with E-state index in [9.17, 15) is 9.59 Å². The molecule has 2 rings (SSSR count). The summed E-state index contributed by atoms with van der Waals surface area (Å²) in [6.45, 7) is 0. The molecule has 0 aliphatic heterocycles. The molecule has 0 radical (unpaired) electrons. The minimum Gasteiger partial charge on any atom is -0.480 e. The highest BCUT2D eigenvalue weighted by atomic mass is 32.2. The summed E-state index contributed by atoms with van der Waals surface area (Å²) in [5, 5.41) is 11.1. The molecule has 0 spiro atoms. The highest BCUT2D eigenvalue weighted by molar-refractivity contribution is 7.98. The molecule has 1 aromatic carbocycles. The number of nitrogens with one attached hydrogen (secondary N) is 1. The van der Waals surface area contributed by atoms with Crippen LogP contribution < -0.4 is 5.32 Å². The van der Waals surface area contributed by atoms with Crippen LogP contribution in [0.3, 0.4) is 0 Å². The van der Waals surface area contributed by atoms with Crippen LogP contribution in [0.2, 0.25) is 0 Å². The SMILES string of the molecule is O=CNC(CCSCc1nc2ccccc2o1)C(=O)O. The molecule has 1 amide bonds. The number of hydrogen-bond acceptors (Lipinski definition) is 5. The van der Waals surface area contributed by atoms with Gasteiger partial charge in [0.05, 0.1) is 5.75 Å². The predicted molar refractivity (Wildman–Crippen MR) is 75.4 cm³/mol. The van der Waals surface area contributed by atoms with Gasteiger partial charge in [0, 0.05) is 0 Å². The Bertz CT molecular complexity index is 566. The van der Waals surface area contributed by atoms with Gasteiger partial charge >= 0.3 is 5.97 Å². The number of fused-ring (bicyclic) bond motifs is 1. The van der Waals surface area contributed by atoms with Crippen molar-refractivity contribution in [1.29, 1.82) is 0 Å². The molecule has 0 fully saturated rings. The molecule has 20 heavy (non-hydrogen) atoms. The maximum atomic E-state index is 10.8. The first kappa shape index (κ1) is 14.4. The lowest BCUT2D eigenvalue weighted by atomic mass is 10.2. The van der Waals surface area contributed by atoms with Gasteiger partial charge in [-0.2, -0.15) is 11.8 Å². The fourth-order valence-corrected chi connectivity index (χ4v) is 2.55. The average molecular weight is 294 g/mol. The Kier molecular flexibility index (Phi) is 5.00. The van der Waals surface area contributed by atoms with Gasteiger partial charge < -0.3 is 14.8 Å². The van der Waals surface area contributed by atoms with Gasteiger partial charge in [-0.1, -0.05) is 12.1 Å². The largest absolute Gasteiger partial charge is 0.480 e. The van der Waals surface area contributed by atoms with E-state index in [0.717, 1.165) is 11.1 Å². The van der Waals surface area contributed by atoms with Gasteiger partial charge in [0.1, 0.15) is 11.6 Å². The van der Waals surface area contributed by atoms with Crippen molar-refractivity contribution in [3.8, 4) is 0 Å². The third-order valence-corrected chi connectivity index (χ3v) is 3.66. The lowest BCUT2D eigenvalue weighted by Gasteiger charge is -2.09. The standard InChI is InChI=1S/C13H14N2O4S/c16-8-14-10(13(17)18)5-6-20-7-12-15-9-3-1-2-4-11(9)19-12/h1-4,8,10H,5-7H2,(H,14,16)(H,17,18). The van der Waals surface area contributed by atoms with Crippen molar-refractivity contribution in [1.82, 2.24) is 10.3 Å². The number of carbonyl (C=O) groups excluding carboxylic acids is 1. The zero-order chi connectivity index (χ0) is 14.4. The summed E-state index contributed by atoms with van der Waals surface area (Å²) in [7, 11) is 0. The van der Waals surface area contributed by atoms with E-state index in [2.05, 4.69) is 10.3 Å². The number of carbonyl (C=O) groups is 2. The summed E-state index contributed by atoms with van der Waals surface area (Å²) in [6.07, 6.45) is 0.767. The van der Waals surface area contributed by atoms with E-state index >= 15 is 0 Å². The molecule has 6 nitrogen and oxygen atoms in total. The number of para-hydroxylation sites is 2. The molecule has 1 unspecified atom stereocenters. The quantitative estimate of drug-likeness (QED) is 0.568. The molecule has 2 N–H and O–H groups in total. The lowest BCUT2D eigenvalue weighted by Crippen LogP contribution is -2.36. The van der Waals surface area contributed by atoms with Crippen molar-refractivity contribution in [2.24, 2.45) is 0 Å². The maximum Gasteiger partial charge on any atom is 0.326 e. The molecule has 7 heteroatoms. The van der Waals surface area contributed by atoms with Crippen LogP contribution in [0.15, 0.2) is 28.7 Å². The fourth-order valence-electron chi connectivity index (χ4n) is 1.70. The van der Waals surface area contributed by atoms with E-state index in [1.165, 1.54) is 11.8 Å². The molecule has 106 valence electrons. The van der Waals surface area contributed by atoms with E-state index in [1.54, 1.807) is 0 Å². The number of aliphatic carboxylic acids is 1. The third-order valence-electron chi connectivity index (χ3n) is 2.68. The molecular formula is C13H14N2O4S. The predicted octanol–water partition coefficient (Wildman–Crippen LogP) is 1.65. The smallest absolute Gasteiger partial charge is 0.326 e. The first-order chi connectivity index (χ1) is 9.70. The Morgan fingerprint density at radius 3 is 3.00 bits per heavy atom. The van der Waals surface area contributed by atoms with Crippen LogP contribution in [-0.4, -0.2) is 34.3 Å². The molecule has 0 bridgehead atoms. The second-order valence-electron chi connectivity index (χ2n) is 4.09. The monoisotopic (exact) mass is 294 g/mol. The number of carboxylic acids is 1. The van der Waals surface area contributed by atoms with Crippen molar-refractivity contribution in [2.45, 2.75) is 18.2 Å². The van der Waals surface area contributed by atoms with Gasteiger partial charge in [0.15, 0.2) is 5.58 Å². The highest BCUT2D eigenvalue weighted by Gasteiger charge is 2.15. The first-order valence-electron chi connectivity index (χ1n) is 6.05. The van der Waals surface area contributed by atoms with E-state index in [1.807, 2.05) is 24.3 Å². The minimum absolute atomic E-state index is 0.360. The molecule has 1 aromatic heterocycles. The summed E-state index contributed by atoms with van der Waals surface area (Å²) in [4.78, 5) is 25.4. The minimum atomic E-state index is -1.03. The normalized spacial score (nSPS) is 12.2. The van der Waals surface area contributed by atoms with Crippen molar-refractivity contribution in [3.05, 3.63) is 30.2 Å². The number of amides is 1. The van der Waals surface area contributed by atoms with Gasteiger partial charge in [-0.15, -0.1) is 0 Å². The zero-order valence-electron chi connectivity index (χ0n) is 10.6. The average Bonchev–Trinajstić information content (AvgIpc) is 2.84. The fraction of sp³-hybridized carbons (Fsp3) is 0.308. The lowest BCUT2D eigenvalue weighted by molar-refractivity contribution is -0.140. The number of rotatable bonds is 8. The van der Waals surface area contributed by atoms with Gasteiger partial charge in [0.2, 0.25) is 12.3 Å². The van der Waals surface area contributed by atoms with Gasteiger partial charge in [-0.25, -0.2) is 9.78 Å². The topological polar surface area (TPSA) is 92.4 Å². The summed E-state index contributed by atoms with van der Waals surface area (Å²) in [5.41, 5.74) is 1.56. The Labute approximate surface area is 119 Å². The molecule has 0 saturated heterocycles. The maximum absolute atomic E-state index is 10.8. The highest BCUT2D eigenvalue weighted by Crippen LogP contribution is 2.19. The number of oxazole rings is 1. The van der Waals surface area contributed by atoms with E-state index in [-0.39, 0.29) is 0 Å². The molecule has 1 atom stereocenters. The number of thioether (sulfide) groups is 1. The first-order valence-corrected chi connectivity index (χ1v) is 7.21. The second-order valence-corrected chi connectivity index (χ2v) is 5.20. The van der Waals surface area contributed by atoms with E-state index in [0.29, 0.717) is 30.2 Å². The number of carboxylic acid groups (broad SMARTS) is 1. The van der Waals surface area contributed by atoms with E-state index < -0.39 is 12.0 Å². The van der Waals surface area contributed by atoms with Crippen LogP contribution in [0, 0.1) is 0 Å². The number of nitrogens with zero attached hydrogens (tertiary/aromatic N) is 1. The third kappa shape index (κ3) is 3.74. The number of benzene rings is 1. The Hall–Kier alpha value is -2.02. The summed E-state index contributed by atoms with van der Waals surface area (Å²) in [6, 6.07) is 6.66. The van der Waals surface area contributed by atoms with Crippen molar-refractivity contribution < 1.29 is 19.1 Å². The summed E-state index contributed by atoms with van der Waals surface area (Å²) >= 11 is 1.52. The van der Waals surface area contributed by atoms with Gasteiger partial charge in [-0.3, -0.25) is 4.79 Å². The van der Waals surface area contributed by atoms with Gasteiger partial charge in [-0.05, 0) is 24.3 Å². The van der Waals surface area contributed by atoms with Crippen LogP contribution in [-0.2, 0) is 15.3 Å². The summed E-state index contributed by atoms with van der Waals surface area (Å²) in [5.74, 6) is 0.754. The number of aromatic nitrogens is 1. The molecule has 0 aliphatic carbocycles. The molecule has 0 aliphatic rings. The Morgan fingerprint density at radius 1 is 1.50 bits per heavy atom. The Morgan fingerprint density at radius 2 is 2.30 bits per heavy atom. The summed E-state index contributed by atoms with van der Waals surface area (Å²) < 4.78 is 5.55.